The zero-order chi connectivity index (χ0) is 11.4. The topological polar surface area (TPSA) is 43.0 Å². The van der Waals surface area contributed by atoms with Gasteiger partial charge in [-0.1, -0.05) is 0 Å². The summed E-state index contributed by atoms with van der Waals surface area (Å²) in [7, 11) is 0. The summed E-state index contributed by atoms with van der Waals surface area (Å²) in [4.78, 5) is 0. The van der Waals surface area contributed by atoms with E-state index in [0.29, 0.717) is 6.04 Å². The molecule has 2 aromatic heterocycles. The zero-order valence-electron chi connectivity index (χ0n) is 9.06. The Bertz CT molecular complexity index is 424. The van der Waals surface area contributed by atoms with E-state index >= 15 is 0 Å². The molecule has 16 heavy (non-hydrogen) atoms. The Kier molecular flexibility index (Phi) is 3.79. The molecule has 0 fully saturated rings. The van der Waals surface area contributed by atoms with E-state index in [1.54, 1.807) is 6.20 Å². The number of nitrogens with one attached hydrogen (secondary N) is 1. The van der Waals surface area contributed by atoms with Gasteiger partial charge in [-0.25, -0.2) is 0 Å². The fourth-order valence-corrected chi connectivity index (χ4v) is 1.82. The van der Waals surface area contributed by atoms with E-state index < -0.39 is 0 Å². The van der Waals surface area contributed by atoms with Gasteiger partial charge in [0.15, 0.2) is 4.67 Å². The van der Waals surface area contributed by atoms with Gasteiger partial charge in [-0.15, -0.1) is 0 Å². The maximum atomic E-state index is 5.40. The number of rotatable bonds is 5. The molecule has 0 amide bonds. The molecule has 4 nitrogen and oxygen atoms in total. The highest BCUT2D eigenvalue weighted by molar-refractivity contribution is 9.10. The van der Waals surface area contributed by atoms with Gasteiger partial charge in [0.2, 0.25) is 0 Å². The molecule has 2 rings (SSSR count). The van der Waals surface area contributed by atoms with E-state index in [1.165, 1.54) is 0 Å². The molecule has 2 heterocycles. The van der Waals surface area contributed by atoms with Crippen LogP contribution in [0.15, 0.2) is 39.7 Å². The standard InChI is InChI=1S/C11H14BrN3O/c1-9(8-15-6-2-5-14-15)13-7-10-3-4-11(12)16-10/h2-6,9,13H,7-8H2,1H3. The lowest BCUT2D eigenvalue weighted by Crippen LogP contribution is -2.29. The van der Waals surface area contributed by atoms with Crippen molar-refractivity contribution in [1.29, 1.82) is 0 Å². The fraction of sp³-hybridized carbons (Fsp3) is 0.364. The van der Waals surface area contributed by atoms with Crippen molar-refractivity contribution >= 4 is 15.9 Å². The van der Waals surface area contributed by atoms with E-state index in [1.807, 2.05) is 29.1 Å². The van der Waals surface area contributed by atoms with Crippen molar-refractivity contribution in [3.8, 4) is 0 Å². The Balaban J connectivity index is 1.77. The SMILES string of the molecule is CC(Cn1cccn1)NCc1ccc(Br)o1. The predicted molar refractivity (Wildman–Crippen MR) is 64.9 cm³/mol. The Morgan fingerprint density at radius 1 is 1.56 bits per heavy atom. The van der Waals surface area contributed by atoms with Gasteiger partial charge < -0.3 is 9.73 Å². The summed E-state index contributed by atoms with van der Waals surface area (Å²) in [5, 5.41) is 7.54. The van der Waals surface area contributed by atoms with Crippen LogP contribution in [0, 0.1) is 0 Å². The molecular weight excluding hydrogens is 270 g/mol. The second-order valence-corrected chi connectivity index (χ2v) is 4.50. The molecule has 0 bridgehead atoms. The Morgan fingerprint density at radius 2 is 2.44 bits per heavy atom. The molecule has 0 aliphatic heterocycles. The van der Waals surface area contributed by atoms with Crippen LogP contribution < -0.4 is 5.32 Å². The lowest BCUT2D eigenvalue weighted by atomic mass is 10.3. The lowest BCUT2D eigenvalue weighted by Gasteiger charge is -2.12. The molecular formula is C11H14BrN3O. The third kappa shape index (κ3) is 3.21. The van der Waals surface area contributed by atoms with Crippen molar-refractivity contribution in [3.63, 3.8) is 0 Å². The van der Waals surface area contributed by atoms with E-state index in [2.05, 4.69) is 33.3 Å². The smallest absolute Gasteiger partial charge is 0.169 e. The van der Waals surface area contributed by atoms with Gasteiger partial charge in [0.25, 0.3) is 0 Å². The van der Waals surface area contributed by atoms with Gasteiger partial charge in [0, 0.05) is 18.4 Å². The van der Waals surface area contributed by atoms with Gasteiger partial charge >= 0.3 is 0 Å². The first-order valence-corrected chi connectivity index (χ1v) is 5.98. The molecule has 5 heteroatoms. The summed E-state index contributed by atoms with van der Waals surface area (Å²) in [6, 6.07) is 6.13. The van der Waals surface area contributed by atoms with E-state index in [4.69, 9.17) is 4.42 Å². The Labute approximate surface area is 103 Å². The fourth-order valence-electron chi connectivity index (χ4n) is 1.48. The number of halogens is 1. The van der Waals surface area contributed by atoms with Crippen LogP contribution in [0.4, 0.5) is 0 Å². The summed E-state index contributed by atoms with van der Waals surface area (Å²) in [5.74, 6) is 0.930. The predicted octanol–water partition coefficient (Wildman–Crippen LogP) is 2.42. The van der Waals surface area contributed by atoms with Crippen molar-refractivity contribution in [1.82, 2.24) is 15.1 Å². The molecule has 0 saturated heterocycles. The first-order valence-electron chi connectivity index (χ1n) is 5.19. The van der Waals surface area contributed by atoms with Crippen LogP contribution in [0.2, 0.25) is 0 Å². The molecule has 0 aromatic carbocycles. The quantitative estimate of drug-likeness (QED) is 0.917. The second-order valence-electron chi connectivity index (χ2n) is 3.72. The molecule has 1 unspecified atom stereocenters. The van der Waals surface area contributed by atoms with E-state index in [9.17, 15) is 0 Å². The average molecular weight is 284 g/mol. The van der Waals surface area contributed by atoms with Crippen molar-refractivity contribution in [2.45, 2.75) is 26.1 Å². The highest BCUT2D eigenvalue weighted by Gasteiger charge is 2.04. The van der Waals surface area contributed by atoms with Gasteiger partial charge in [-0.2, -0.15) is 5.10 Å². The average Bonchev–Trinajstić information content (AvgIpc) is 2.87. The van der Waals surface area contributed by atoms with Crippen LogP contribution in [-0.4, -0.2) is 15.8 Å². The minimum Gasteiger partial charge on any atom is -0.453 e. The van der Waals surface area contributed by atoms with Crippen LogP contribution in [-0.2, 0) is 13.1 Å². The van der Waals surface area contributed by atoms with Crippen molar-refractivity contribution in [2.75, 3.05) is 0 Å². The number of aromatic nitrogens is 2. The highest BCUT2D eigenvalue weighted by Crippen LogP contribution is 2.13. The monoisotopic (exact) mass is 283 g/mol. The normalized spacial score (nSPS) is 12.9. The summed E-state index contributed by atoms with van der Waals surface area (Å²) < 4.78 is 8.08. The van der Waals surface area contributed by atoms with Crippen LogP contribution in [0.25, 0.3) is 0 Å². The van der Waals surface area contributed by atoms with Crippen LogP contribution in [0.1, 0.15) is 12.7 Å². The summed E-state index contributed by atoms with van der Waals surface area (Å²) in [5.41, 5.74) is 0. The molecule has 0 saturated carbocycles. The van der Waals surface area contributed by atoms with Gasteiger partial charge in [-0.05, 0) is 41.1 Å². The van der Waals surface area contributed by atoms with E-state index in [-0.39, 0.29) is 0 Å². The van der Waals surface area contributed by atoms with Crippen LogP contribution in [0.5, 0.6) is 0 Å². The number of furan rings is 1. The largest absolute Gasteiger partial charge is 0.453 e. The third-order valence-electron chi connectivity index (χ3n) is 2.27. The van der Waals surface area contributed by atoms with Gasteiger partial charge in [0.05, 0.1) is 13.1 Å². The molecule has 0 spiro atoms. The zero-order valence-corrected chi connectivity index (χ0v) is 10.6. The van der Waals surface area contributed by atoms with Crippen molar-refractivity contribution in [3.05, 3.63) is 41.0 Å². The summed E-state index contributed by atoms with van der Waals surface area (Å²) in [6.45, 7) is 3.71. The van der Waals surface area contributed by atoms with Crippen LogP contribution >= 0.6 is 15.9 Å². The molecule has 1 atom stereocenters. The first kappa shape index (κ1) is 11.4. The molecule has 86 valence electrons. The summed E-state index contributed by atoms with van der Waals surface area (Å²) in [6.07, 6.45) is 3.75. The Morgan fingerprint density at radius 3 is 3.06 bits per heavy atom. The minimum absolute atomic E-state index is 0.351. The maximum absolute atomic E-state index is 5.40. The molecule has 0 radical (unpaired) electrons. The first-order chi connectivity index (χ1) is 7.74. The Hall–Kier alpha value is -1.07. The number of nitrogens with zero attached hydrogens (tertiary/aromatic N) is 2. The lowest BCUT2D eigenvalue weighted by molar-refractivity contribution is 0.409. The van der Waals surface area contributed by atoms with E-state index in [0.717, 1.165) is 23.5 Å². The van der Waals surface area contributed by atoms with Crippen LogP contribution in [0.3, 0.4) is 0 Å². The number of hydrogen-bond acceptors (Lipinski definition) is 3. The van der Waals surface area contributed by atoms with Gasteiger partial charge in [-0.3, -0.25) is 4.68 Å². The molecule has 1 N–H and O–H groups in total. The molecule has 0 aliphatic carbocycles. The maximum Gasteiger partial charge on any atom is 0.169 e. The second kappa shape index (κ2) is 5.32. The number of hydrogen-bond donors (Lipinski definition) is 1. The summed E-state index contributed by atoms with van der Waals surface area (Å²) >= 11 is 3.28. The highest BCUT2D eigenvalue weighted by atomic mass is 79.9. The molecule has 0 aliphatic rings. The van der Waals surface area contributed by atoms with Gasteiger partial charge in [0.1, 0.15) is 5.76 Å². The van der Waals surface area contributed by atoms with Crippen molar-refractivity contribution < 1.29 is 4.42 Å². The van der Waals surface area contributed by atoms with Crippen molar-refractivity contribution in [2.24, 2.45) is 0 Å². The minimum atomic E-state index is 0.351. The third-order valence-corrected chi connectivity index (χ3v) is 2.70. The molecule has 2 aromatic rings.